The quantitative estimate of drug-likeness (QED) is 0.431. The van der Waals surface area contributed by atoms with Crippen molar-refractivity contribution in [2.45, 2.75) is 20.3 Å². The summed E-state index contributed by atoms with van der Waals surface area (Å²) < 4.78 is 5.77. The number of fused-ring (bicyclic) bond motifs is 1. The molecule has 0 aliphatic heterocycles. The first kappa shape index (κ1) is 19.2. The molecule has 0 aliphatic carbocycles. The molecular weight excluding hydrogens is 380 g/mol. The topological polar surface area (TPSA) is 51.2 Å². The molecule has 0 radical (unpaired) electrons. The second kappa shape index (κ2) is 8.45. The summed E-state index contributed by atoms with van der Waals surface area (Å²) in [5.74, 6) is 0.722. The molecule has 0 aliphatic rings. The molecule has 4 aromatic rings. The molecule has 0 atom stereocenters. The van der Waals surface area contributed by atoms with Gasteiger partial charge in [-0.1, -0.05) is 54.6 Å². The average Bonchev–Trinajstić information content (AvgIpc) is 3.18. The molecule has 0 saturated carbocycles. The molecule has 0 bridgehead atoms. The van der Waals surface area contributed by atoms with Crippen LogP contribution in [0.15, 0.2) is 66.0 Å². The zero-order valence-electron chi connectivity index (χ0n) is 16.4. The fourth-order valence-corrected chi connectivity index (χ4v) is 3.93. The molecule has 0 fully saturated rings. The van der Waals surface area contributed by atoms with E-state index in [0.29, 0.717) is 11.7 Å². The lowest BCUT2D eigenvalue weighted by atomic mass is 10.0. The summed E-state index contributed by atoms with van der Waals surface area (Å²) in [6.45, 7) is 4.35. The highest BCUT2D eigenvalue weighted by Crippen LogP contribution is 2.31. The second-order valence-electron chi connectivity index (χ2n) is 6.98. The van der Waals surface area contributed by atoms with Gasteiger partial charge in [-0.15, -0.1) is 11.3 Å². The van der Waals surface area contributed by atoms with E-state index in [1.165, 1.54) is 16.7 Å². The number of anilines is 1. The van der Waals surface area contributed by atoms with E-state index in [4.69, 9.17) is 4.74 Å². The Labute approximate surface area is 174 Å². The third-order valence-corrected chi connectivity index (χ3v) is 5.50. The Bertz CT molecular complexity index is 1160. The van der Waals surface area contributed by atoms with Crippen molar-refractivity contribution >= 4 is 33.1 Å². The summed E-state index contributed by atoms with van der Waals surface area (Å²) in [4.78, 5) is 16.9. The summed E-state index contributed by atoms with van der Waals surface area (Å²) in [5.41, 5.74) is 4.14. The minimum Gasteiger partial charge on any atom is -0.493 e. The van der Waals surface area contributed by atoms with Gasteiger partial charge in [0.25, 0.3) is 0 Å². The predicted molar refractivity (Wildman–Crippen MR) is 120 cm³/mol. The maximum atomic E-state index is 12.3. The van der Waals surface area contributed by atoms with Crippen LogP contribution in [-0.2, 0) is 4.79 Å². The van der Waals surface area contributed by atoms with Gasteiger partial charge in [-0.25, -0.2) is 4.98 Å². The minimum atomic E-state index is -0.103. The highest BCUT2D eigenvalue weighted by molar-refractivity contribution is 7.14. The second-order valence-corrected chi connectivity index (χ2v) is 7.84. The number of ether oxygens (including phenoxy) is 1. The van der Waals surface area contributed by atoms with Crippen molar-refractivity contribution < 1.29 is 9.53 Å². The number of thiazole rings is 1. The van der Waals surface area contributed by atoms with Crippen molar-refractivity contribution in [2.24, 2.45) is 0 Å². The third kappa shape index (κ3) is 4.46. The summed E-state index contributed by atoms with van der Waals surface area (Å²) in [6.07, 6.45) is 0.274. The monoisotopic (exact) mass is 402 g/mol. The standard InChI is InChI=1S/C24H22N2O2S/c1-16-10-11-17(2)22(14-16)28-13-12-23(27)26-24-25-21(15-29-24)20-9-5-7-18-6-3-4-8-19(18)20/h3-11,14-15H,12-13H2,1-2H3,(H,25,26,27). The van der Waals surface area contributed by atoms with E-state index in [2.05, 4.69) is 34.6 Å². The number of carbonyl (C=O) groups excluding carboxylic acids is 1. The van der Waals surface area contributed by atoms with Crippen LogP contribution in [0.5, 0.6) is 5.75 Å². The molecule has 4 nitrogen and oxygen atoms in total. The van der Waals surface area contributed by atoms with Gasteiger partial charge in [-0.2, -0.15) is 0 Å². The minimum absolute atomic E-state index is 0.103. The molecule has 4 rings (SSSR count). The average molecular weight is 403 g/mol. The molecule has 146 valence electrons. The zero-order chi connectivity index (χ0) is 20.2. The Hall–Kier alpha value is -3.18. The highest BCUT2D eigenvalue weighted by Gasteiger charge is 2.11. The van der Waals surface area contributed by atoms with E-state index in [1.807, 2.05) is 55.6 Å². The number of benzene rings is 3. The number of hydrogen-bond donors (Lipinski definition) is 1. The van der Waals surface area contributed by atoms with Crippen molar-refractivity contribution in [3.05, 3.63) is 77.2 Å². The van der Waals surface area contributed by atoms with Gasteiger partial charge in [-0.05, 0) is 41.8 Å². The smallest absolute Gasteiger partial charge is 0.229 e. The van der Waals surface area contributed by atoms with E-state index in [1.54, 1.807) is 0 Å². The zero-order valence-corrected chi connectivity index (χ0v) is 17.3. The van der Waals surface area contributed by atoms with Crippen LogP contribution in [0.3, 0.4) is 0 Å². The summed E-state index contributed by atoms with van der Waals surface area (Å²) >= 11 is 1.43. The fraction of sp³-hybridized carbons (Fsp3) is 0.167. The van der Waals surface area contributed by atoms with Crippen molar-refractivity contribution in [1.82, 2.24) is 4.98 Å². The van der Waals surface area contributed by atoms with E-state index < -0.39 is 0 Å². The number of nitrogens with one attached hydrogen (secondary N) is 1. The first-order valence-corrected chi connectivity index (χ1v) is 10.4. The van der Waals surface area contributed by atoms with Crippen LogP contribution in [0, 0.1) is 13.8 Å². The number of rotatable bonds is 6. The van der Waals surface area contributed by atoms with Crippen LogP contribution in [0.1, 0.15) is 17.5 Å². The summed E-state index contributed by atoms with van der Waals surface area (Å²) in [5, 5.41) is 7.78. The molecule has 29 heavy (non-hydrogen) atoms. The van der Waals surface area contributed by atoms with Crippen LogP contribution in [-0.4, -0.2) is 17.5 Å². The molecular formula is C24H22N2O2S. The molecule has 1 heterocycles. The fourth-order valence-electron chi connectivity index (χ4n) is 3.20. The number of hydrogen-bond acceptors (Lipinski definition) is 4. The van der Waals surface area contributed by atoms with Gasteiger partial charge in [0.05, 0.1) is 18.7 Å². The number of amides is 1. The Morgan fingerprint density at radius 3 is 2.79 bits per heavy atom. The number of nitrogens with zero attached hydrogens (tertiary/aromatic N) is 1. The van der Waals surface area contributed by atoms with Crippen molar-refractivity contribution in [3.8, 4) is 17.0 Å². The Balaban J connectivity index is 1.39. The van der Waals surface area contributed by atoms with E-state index in [9.17, 15) is 4.79 Å². The molecule has 1 N–H and O–H groups in total. The highest BCUT2D eigenvalue weighted by atomic mass is 32.1. The molecule has 1 aromatic heterocycles. The maximum absolute atomic E-state index is 12.3. The first-order chi connectivity index (χ1) is 14.1. The lowest BCUT2D eigenvalue weighted by molar-refractivity contribution is -0.116. The largest absolute Gasteiger partial charge is 0.493 e. The normalized spacial score (nSPS) is 10.8. The first-order valence-electron chi connectivity index (χ1n) is 9.54. The summed E-state index contributed by atoms with van der Waals surface area (Å²) in [7, 11) is 0. The summed E-state index contributed by atoms with van der Waals surface area (Å²) in [6, 6.07) is 20.5. The number of aryl methyl sites for hydroxylation is 2. The van der Waals surface area contributed by atoms with Crippen LogP contribution in [0.2, 0.25) is 0 Å². The SMILES string of the molecule is Cc1ccc(C)c(OCCC(=O)Nc2nc(-c3cccc4ccccc34)cs2)c1. The number of carbonyl (C=O) groups is 1. The van der Waals surface area contributed by atoms with E-state index in [-0.39, 0.29) is 12.3 Å². The predicted octanol–water partition coefficient (Wildman–Crippen LogP) is 5.99. The van der Waals surface area contributed by atoms with Gasteiger partial charge in [0, 0.05) is 10.9 Å². The van der Waals surface area contributed by atoms with Crippen molar-refractivity contribution in [3.63, 3.8) is 0 Å². The van der Waals surface area contributed by atoms with Crippen LogP contribution in [0.4, 0.5) is 5.13 Å². The van der Waals surface area contributed by atoms with Crippen LogP contribution < -0.4 is 10.1 Å². The van der Waals surface area contributed by atoms with Crippen molar-refractivity contribution in [1.29, 1.82) is 0 Å². The van der Waals surface area contributed by atoms with Crippen LogP contribution >= 0.6 is 11.3 Å². The van der Waals surface area contributed by atoms with Crippen LogP contribution in [0.25, 0.3) is 22.0 Å². The van der Waals surface area contributed by atoms with Crippen molar-refractivity contribution in [2.75, 3.05) is 11.9 Å². The number of aromatic nitrogens is 1. The molecule has 0 saturated heterocycles. The maximum Gasteiger partial charge on any atom is 0.229 e. The van der Waals surface area contributed by atoms with Gasteiger partial charge in [0.2, 0.25) is 5.91 Å². The molecule has 0 spiro atoms. The molecule has 3 aromatic carbocycles. The Morgan fingerprint density at radius 1 is 1.07 bits per heavy atom. The lowest BCUT2D eigenvalue weighted by Crippen LogP contribution is -2.15. The molecule has 1 amide bonds. The van der Waals surface area contributed by atoms with Gasteiger partial charge in [0.15, 0.2) is 5.13 Å². The van der Waals surface area contributed by atoms with Gasteiger partial charge >= 0.3 is 0 Å². The van der Waals surface area contributed by atoms with Gasteiger partial charge < -0.3 is 10.1 Å². The Kier molecular flexibility index (Phi) is 5.58. The lowest BCUT2D eigenvalue weighted by Gasteiger charge is -2.09. The van der Waals surface area contributed by atoms with Gasteiger partial charge in [0.1, 0.15) is 5.75 Å². The molecule has 5 heteroatoms. The molecule has 0 unspecified atom stereocenters. The van der Waals surface area contributed by atoms with E-state index in [0.717, 1.165) is 33.5 Å². The Morgan fingerprint density at radius 2 is 1.90 bits per heavy atom. The van der Waals surface area contributed by atoms with E-state index >= 15 is 0 Å². The third-order valence-electron chi connectivity index (χ3n) is 4.75. The van der Waals surface area contributed by atoms with Gasteiger partial charge in [-0.3, -0.25) is 4.79 Å².